The number of ether oxygens (including phenoxy) is 1. The monoisotopic (exact) mass is 398 g/mol. The maximum absolute atomic E-state index is 5.83. The van der Waals surface area contributed by atoms with Crippen molar-refractivity contribution in [2.24, 2.45) is 5.73 Å². The van der Waals surface area contributed by atoms with Crippen LogP contribution in [0.15, 0.2) is 45.5 Å². The molecule has 0 saturated carbocycles. The molecule has 2 rings (SSSR count). The zero-order chi connectivity index (χ0) is 14.5. The number of nitrogens with zero attached hydrogens (tertiary/aromatic N) is 1. The Labute approximate surface area is 135 Å². The predicted molar refractivity (Wildman–Crippen MR) is 87.8 cm³/mol. The van der Waals surface area contributed by atoms with Gasteiger partial charge in [0.05, 0.1) is 14.6 Å². The minimum absolute atomic E-state index is 0.133. The molecule has 1 aromatic heterocycles. The van der Waals surface area contributed by atoms with E-state index in [-0.39, 0.29) is 6.04 Å². The summed E-state index contributed by atoms with van der Waals surface area (Å²) in [5, 5.41) is 0. The summed E-state index contributed by atoms with van der Waals surface area (Å²) in [4.78, 5) is 4.24. The van der Waals surface area contributed by atoms with Crippen molar-refractivity contribution in [3.63, 3.8) is 0 Å². The lowest BCUT2D eigenvalue weighted by atomic mass is 10.1. The number of hydrogen-bond donors (Lipinski definition) is 1. The zero-order valence-corrected chi connectivity index (χ0v) is 14.3. The molecule has 0 aliphatic heterocycles. The maximum atomic E-state index is 5.83. The van der Waals surface area contributed by atoms with E-state index in [1.54, 1.807) is 6.20 Å². The van der Waals surface area contributed by atoms with Crippen LogP contribution < -0.4 is 10.5 Å². The molecule has 1 aromatic carbocycles. The van der Waals surface area contributed by atoms with Crippen LogP contribution in [0.3, 0.4) is 0 Å². The van der Waals surface area contributed by atoms with E-state index in [2.05, 4.69) is 36.8 Å². The van der Waals surface area contributed by atoms with E-state index in [1.165, 1.54) is 5.56 Å². The van der Waals surface area contributed by atoms with E-state index in [9.17, 15) is 0 Å². The molecule has 0 amide bonds. The van der Waals surface area contributed by atoms with Crippen molar-refractivity contribution in [2.45, 2.75) is 26.0 Å². The summed E-state index contributed by atoms with van der Waals surface area (Å²) in [6, 6.07) is 9.99. The second-order valence-electron chi connectivity index (χ2n) is 4.68. The van der Waals surface area contributed by atoms with E-state index < -0.39 is 0 Å². The summed E-state index contributed by atoms with van der Waals surface area (Å²) in [7, 11) is 0. The zero-order valence-electron chi connectivity index (χ0n) is 11.1. The van der Waals surface area contributed by atoms with Gasteiger partial charge in [-0.3, -0.25) is 4.98 Å². The number of aromatic nitrogens is 1. The number of rotatable bonds is 5. The first-order valence-electron chi connectivity index (χ1n) is 6.32. The van der Waals surface area contributed by atoms with Gasteiger partial charge in [-0.15, -0.1) is 0 Å². The molecule has 0 spiro atoms. The van der Waals surface area contributed by atoms with Gasteiger partial charge in [0.1, 0.15) is 12.4 Å². The molecule has 2 aromatic rings. The van der Waals surface area contributed by atoms with Crippen molar-refractivity contribution >= 4 is 31.9 Å². The lowest BCUT2D eigenvalue weighted by Crippen LogP contribution is -2.17. The first-order chi connectivity index (χ1) is 9.56. The molecule has 1 atom stereocenters. The molecule has 106 valence electrons. The predicted octanol–water partition coefficient (Wildman–Crippen LogP) is 4.08. The number of pyridine rings is 1. The maximum Gasteiger partial charge on any atom is 0.148 e. The van der Waals surface area contributed by atoms with Gasteiger partial charge in [-0.2, -0.15) is 0 Å². The molecule has 0 bridgehead atoms. The summed E-state index contributed by atoms with van der Waals surface area (Å²) in [5.74, 6) is 0.782. The number of hydrogen-bond acceptors (Lipinski definition) is 3. The molecular formula is C15H16Br2N2O. The Morgan fingerprint density at radius 2 is 1.95 bits per heavy atom. The van der Waals surface area contributed by atoms with Gasteiger partial charge in [-0.05, 0) is 75.0 Å². The Hall–Kier alpha value is -0.910. The summed E-state index contributed by atoms with van der Waals surface area (Å²) in [6.07, 6.45) is 2.59. The van der Waals surface area contributed by atoms with Crippen LogP contribution in [0.2, 0.25) is 0 Å². The van der Waals surface area contributed by atoms with Crippen molar-refractivity contribution in [1.82, 2.24) is 4.98 Å². The molecular weight excluding hydrogens is 384 g/mol. The van der Waals surface area contributed by atoms with Gasteiger partial charge in [0.15, 0.2) is 0 Å². The smallest absolute Gasteiger partial charge is 0.148 e. The van der Waals surface area contributed by atoms with E-state index in [0.717, 1.165) is 26.8 Å². The van der Waals surface area contributed by atoms with Gasteiger partial charge in [0.25, 0.3) is 0 Å². The van der Waals surface area contributed by atoms with E-state index >= 15 is 0 Å². The van der Waals surface area contributed by atoms with Crippen LogP contribution in [0, 0.1) is 0 Å². The molecule has 0 saturated heterocycles. The van der Waals surface area contributed by atoms with Gasteiger partial charge in [0, 0.05) is 12.2 Å². The van der Waals surface area contributed by atoms with Crippen LogP contribution in [-0.2, 0) is 13.0 Å². The topological polar surface area (TPSA) is 48.1 Å². The van der Waals surface area contributed by atoms with Crippen molar-refractivity contribution in [3.8, 4) is 5.75 Å². The van der Waals surface area contributed by atoms with Crippen molar-refractivity contribution in [1.29, 1.82) is 0 Å². The molecule has 2 N–H and O–H groups in total. The Morgan fingerprint density at radius 1 is 1.25 bits per heavy atom. The van der Waals surface area contributed by atoms with Gasteiger partial charge in [-0.1, -0.05) is 6.07 Å². The average Bonchev–Trinajstić information content (AvgIpc) is 2.38. The van der Waals surface area contributed by atoms with Crippen molar-refractivity contribution in [3.05, 3.63) is 56.7 Å². The quantitative estimate of drug-likeness (QED) is 0.823. The number of halogens is 2. The summed E-state index contributed by atoms with van der Waals surface area (Å²) in [6.45, 7) is 2.43. The van der Waals surface area contributed by atoms with Crippen LogP contribution in [0.25, 0.3) is 0 Å². The molecule has 0 aliphatic carbocycles. The minimum Gasteiger partial charge on any atom is -0.485 e. The Balaban J connectivity index is 2.12. The summed E-state index contributed by atoms with van der Waals surface area (Å²) in [5.41, 5.74) is 7.89. The number of nitrogens with two attached hydrogens (primary N) is 1. The van der Waals surface area contributed by atoms with Crippen LogP contribution in [-0.4, -0.2) is 11.0 Å². The van der Waals surface area contributed by atoms with Crippen LogP contribution in [0.1, 0.15) is 18.2 Å². The third-order valence-corrected chi connectivity index (χ3v) is 3.88. The minimum atomic E-state index is 0.133. The van der Waals surface area contributed by atoms with Gasteiger partial charge < -0.3 is 10.5 Å². The van der Waals surface area contributed by atoms with Gasteiger partial charge in [0.2, 0.25) is 0 Å². The Bertz CT molecular complexity index is 550. The van der Waals surface area contributed by atoms with E-state index in [4.69, 9.17) is 10.5 Å². The lowest BCUT2D eigenvalue weighted by Gasteiger charge is -2.13. The lowest BCUT2D eigenvalue weighted by molar-refractivity contribution is 0.297. The highest BCUT2D eigenvalue weighted by atomic mass is 79.9. The second-order valence-corrected chi connectivity index (χ2v) is 6.39. The van der Waals surface area contributed by atoms with E-state index in [1.807, 2.05) is 37.3 Å². The van der Waals surface area contributed by atoms with Crippen LogP contribution in [0.4, 0.5) is 0 Å². The Morgan fingerprint density at radius 3 is 2.50 bits per heavy atom. The van der Waals surface area contributed by atoms with Gasteiger partial charge >= 0.3 is 0 Å². The molecule has 1 unspecified atom stereocenters. The first kappa shape index (κ1) is 15.5. The van der Waals surface area contributed by atoms with Crippen LogP contribution >= 0.6 is 31.9 Å². The SMILES string of the molecule is CC(N)Cc1cc(Br)c(OCc2ccccn2)c(Br)c1. The fourth-order valence-corrected chi connectivity index (χ4v) is 3.38. The van der Waals surface area contributed by atoms with Gasteiger partial charge in [-0.25, -0.2) is 0 Å². The molecule has 5 heteroatoms. The summed E-state index contributed by atoms with van der Waals surface area (Å²) < 4.78 is 7.66. The highest BCUT2D eigenvalue weighted by molar-refractivity contribution is 9.11. The Kier molecular flexibility index (Phi) is 5.57. The molecule has 20 heavy (non-hydrogen) atoms. The molecule has 0 aliphatic rings. The fourth-order valence-electron chi connectivity index (χ4n) is 1.87. The highest BCUT2D eigenvalue weighted by Crippen LogP contribution is 2.35. The first-order valence-corrected chi connectivity index (χ1v) is 7.91. The van der Waals surface area contributed by atoms with Crippen molar-refractivity contribution < 1.29 is 4.74 Å². The highest BCUT2D eigenvalue weighted by Gasteiger charge is 2.10. The summed E-state index contributed by atoms with van der Waals surface area (Å²) >= 11 is 7.09. The van der Waals surface area contributed by atoms with Crippen molar-refractivity contribution in [2.75, 3.05) is 0 Å². The molecule has 0 fully saturated rings. The van der Waals surface area contributed by atoms with Crippen LogP contribution in [0.5, 0.6) is 5.75 Å². The molecule has 0 radical (unpaired) electrons. The molecule has 3 nitrogen and oxygen atoms in total. The standard InChI is InChI=1S/C15H16Br2N2O/c1-10(18)6-11-7-13(16)15(14(17)8-11)20-9-12-4-2-3-5-19-12/h2-5,7-8,10H,6,9,18H2,1H3. The average molecular weight is 400 g/mol. The second kappa shape index (κ2) is 7.20. The largest absolute Gasteiger partial charge is 0.485 e. The third-order valence-electron chi connectivity index (χ3n) is 2.71. The molecule has 1 heterocycles. The van der Waals surface area contributed by atoms with E-state index in [0.29, 0.717) is 6.61 Å². The normalized spacial score (nSPS) is 12.2. The number of benzene rings is 1. The third kappa shape index (κ3) is 4.30. The fraction of sp³-hybridized carbons (Fsp3) is 0.267.